The summed E-state index contributed by atoms with van der Waals surface area (Å²) in [5, 5.41) is 41.9. The Morgan fingerprint density at radius 3 is 2.64 bits per heavy atom. The number of hydrogen-bond donors (Lipinski definition) is 5. The van der Waals surface area contributed by atoms with E-state index < -0.39 is 83.1 Å². The van der Waals surface area contributed by atoms with Gasteiger partial charge in [0.05, 0.1) is 42.6 Å². The van der Waals surface area contributed by atoms with Crippen LogP contribution in [-0.4, -0.2) is 127 Å². The predicted octanol–water partition coefficient (Wildman–Crippen LogP) is 0.628. The van der Waals surface area contributed by atoms with Gasteiger partial charge in [-0.25, -0.2) is 0 Å². The minimum absolute atomic E-state index is 0.00286. The molecule has 6 aliphatic rings. The number of methoxy groups -OCH3 is 2. The molecule has 0 spiro atoms. The maximum Gasteiger partial charge on any atom is 0.252 e. The van der Waals surface area contributed by atoms with Crippen LogP contribution in [0.3, 0.4) is 0 Å². The minimum Gasteiger partial charge on any atom is -0.507 e. The van der Waals surface area contributed by atoms with E-state index in [-0.39, 0.29) is 52.6 Å². The summed E-state index contributed by atoms with van der Waals surface area (Å²) in [6.45, 7) is 4.13. The number of morpholine rings is 1. The zero-order valence-corrected chi connectivity index (χ0v) is 28.0. The number of phenols is 2. The monoisotopic (exact) mass is 695 g/mol. The first-order valence-electron chi connectivity index (χ1n) is 17.0. The zero-order valence-electron chi connectivity index (χ0n) is 28.0. The number of carbonyl (C=O) groups excluding carboxylic acids is 3. The number of benzene rings is 2. The molecule has 2 aromatic rings. The molecular weight excluding hydrogens is 654 g/mol. The van der Waals surface area contributed by atoms with E-state index in [1.54, 1.807) is 13.2 Å². The third-order valence-electron chi connectivity index (χ3n) is 11.0. The number of nitrogens with one attached hydrogen (secondary N) is 2. The Kier molecular flexibility index (Phi) is 8.39. The van der Waals surface area contributed by atoms with E-state index in [0.717, 1.165) is 0 Å². The number of hydrogen-bond acceptors (Lipinski definition) is 14. The Morgan fingerprint density at radius 2 is 1.90 bits per heavy atom. The molecule has 8 rings (SSSR count). The van der Waals surface area contributed by atoms with Crippen molar-refractivity contribution in [3.63, 3.8) is 0 Å². The van der Waals surface area contributed by atoms with Gasteiger partial charge in [0.15, 0.2) is 24.6 Å². The summed E-state index contributed by atoms with van der Waals surface area (Å²) in [5.74, 6) is -3.14. The van der Waals surface area contributed by atoms with Crippen molar-refractivity contribution in [1.29, 1.82) is 0 Å². The van der Waals surface area contributed by atoms with Gasteiger partial charge in [0, 0.05) is 68.2 Å². The number of aliphatic hydroxyl groups is 1. The van der Waals surface area contributed by atoms with E-state index in [2.05, 4.69) is 15.5 Å². The number of phenolic OH excluding ortho intramolecular Hbond substituents is 2. The number of aromatic hydroxyl groups is 2. The van der Waals surface area contributed by atoms with Gasteiger partial charge in [0.2, 0.25) is 5.78 Å². The van der Waals surface area contributed by atoms with Crippen LogP contribution in [0.4, 0.5) is 0 Å². The van der Waals surface area contributed by atoms with Crippen LogP contribution < -0.4 is 15.4 Å². The summed E-state index contributed by atoms with van der Waals surface area (Å²) < 4.78 is 35.8. The summed E-state index contributed by atoms with van der Waals surface area (Å²) in [6, 6.07) is 4.15. The minimum atomic E-state index is -2.11. The molecule has 4 saturated heterocycles. The zero-order chi connectivity index (χ0) is 35.1. The Balaban J connectivity index is 1.19. The second-order valence-electron chi connectivity index (χ2n) is 13.9. The molecule has 15 heteroatoms. The highest BCUT2D eigenvalue weighted by Crippen LogP contribution is 2.53. The van der Waals surface area contributed by atoms with Gasteiger partial charge < -0.3 is 54.4 Å². The molecule has 9 atom stereocenters. The van der Waals surface area contributed by atoms with Gasteiger partial charge in [-0.05, 0) is 26.0 Å². The number of carbonyl (C=O) groups is 3. The summed E-state index contributed by atoms with van der Waals surface area (Å²) in [6.07, 6.45) is -3.71. The molecule has 15 nitrogen and oxygen atoms in total. The molecule has 4 heterocycles. The van der Waals surface area contributed by atoms with Gasteiger partial charge in [-0.15, -0.1) is 0 Å². The third kappa shape index (κ3) is 5.13. The van der Waals surface area contributed by atoms with Crippen molar-refractivity contribution in [3.8, 4) is 17.2 Å². The van der Waals surface area contributed by atoms with Crippen LogP contribution in [0.25, 0.3) is 0 Å². The number of rotatable bonds is 6. The first-order chi connectivity index (χ1) is 24.0. The van der Waals surface area contributed by atoms with Crippen LogP contribution >= 0.6 is 0 Å². The number of ketones is 2. The van der Waals surface area contributed by atoms with Gasteiger partial charge in [-0.1, -0.05) is 12.1 Å². The second-order valence-corrected chi connectivity index (χ2v) is 13.9. The molecular formula is C35H41N3O12. The molecule has 0 aromatic heterocycles. The number of ether oxygens (including phenoxy) is 6. The molecule has 0 saturated carbocycles. The molecule has 0 radical (unpaired) electrons. The summed E-state index contributed by atoms with van der Waals surface area (Å²) >= 11 is 0. The lowest BCUT2D eigenvalue weighted by molar-refractivity contribution is -0.256. The van der Waals surface area contributed by atoms with Crippen molar-refractivity contribution >= 4 is 17.5 Å². The Hall–Kier alpha value is -3.67. The highest BCUT2D eigenvalue weighted by Gasteiger charge is 2.55. The van der Waals surface area contributed by atoms with E-state index >= 15 is 0 Å². The summed E-state index contributed by atoms with van der Waals surface area (Å²) in [7, 11) is 2.92. The van der Waals surface area contributed by atoms with E-state index in [1.165, 1.54) is 19.2 Å². The fourth-order valence-corrected chi connectivity index (χ4v) is 8.60. The van der Waals surface area contributed by atoms with E-state index in [4.69, 9.17) is 28.4 Å². The molecule has 50 heavy (non-hydrogen) atoms. The maximum atomic E-state index is 14.0. The molecule has 2 aliphatic carbocycles. The quantitative estimate of drug-likeness (QED) is 0.225. The van der Waals surface area contributed by atoms with Crippen LogP contribution in [-0.2, 0) is 34.9 Å². The van der Waals surface area contributed by atoms with Crippen molar-refractivity contribution < 1.29 is 58.1 Å². The first-order valence-corrected chi connectivity index (χ1v) is 17.0. The molecule has 1 amide bonds. The van der Waals surface area contributed by atoms with Crippen molar-refractivity contribution in [2.24, 2.45) is 0 Å². The van der Waals surface area contributed by atoms with Crippen LogP contribution in [0.15, 0.2) is 18.2 Å². The topological polar surface area (TPSA) is 195 Å². The summed E-state index contributed by atoms with van der Waals surface area (Å²) in [4.78, 5) is 43.9. The average molecular weight is 696 g/mol. The van der Waals surface area contributed by atoms with Gasteiger partial charge in [0.1, 0.15) is 29.0 Å². The van der Waals surface area contributed by atoms with Crippen LogP contribution in [0, 0.1) is 0 Å². The van der Waals surface area contributed by atoms with E-state index in [0.29, 0.717) is 39.1 Å². The van der Waals surface area contributed by atoms with Crippen molar-refractivity contribution in [2.75, 3.05) is 40.5 Å². The van der Waals surface area contributed by atoms with E-state index in [1.807, 2.05) is 6.92 Å². The van der Waals surface area contributed by atoms with Crippen molar-refractivity contribution in [3.05, 3.63) is 51.6 Å². The van der Waals surface area contributed by atoms with Crippen molar-refractivity contribution in [2.45, 2.75) is 87.4 Å². The van der Waals surface area contributed by atoms with Gasteiger partial charge in [-0.3, -0.25) is 19.3 Å². The second kappa shape index (κ2) is 12.5. The lowest BCUT2D eigenvalue weighted by Gasteiger charge is -2.43. The highest BCUT2D eigenvalue weighted by atomic mass is 16.7. The molecule has 4 fully saturated rings. The standard InChI is InChI=1S/C35H41N3O12/c1-15-31-19(38-9-10-47-33(46-3)32(38)50-31)11-22(48-15)49-21-13-35(44,34(43)37-16-7-8-36-14-16)12-18-24(21)30(42)26-25(28(18)40)27(39)17-5-4-6-20(45-2)23(17)29(26)41/h4-6,15-16,19,21-22,31-33,36,40,42,44H,7-14H2,1-3H3,(H,37,43)/t15-,16?,19-,21-,22-,31+,32+,33-,35-/m0/s1. The molecule has 2 aromatic carbocycles. The molecule has 4 aliphatic heterocycles. The van der Waals surface area contributed by atoms with Crippen molar-refractivity contribution in [1.82, 2.24) is 15.5 Å². The molecule has 0 bridgehead atoms. The van der Waals surface area contributed by atoms with Gasteiger partial charge in [-0.2, -0.15) is 0 Å². The third-order valence-corrected chi connectivity index (χ3v) is 11.0. The van der Waals surface area contributed by atoms with E-state index in [9.17, 15) is 29.7 Å². The first kappa shape index (κ1) is 33.5. The normalized spacial score (nSPS) is 34.7. The smallest absolute Gasteiger partial charge is 0.252 e. The van der Waals surface area contributed by atoms with Gasteiger partial charge >= 0.3 is 0 Å². The van der Waals surface area contributed by atoms with Crippen LogP contribution in [0.5, 0.6) is 17.2 Å². The number of nitrogens with zero attached hydrogens (tertiary/aromatic N) is 1. The maximum absolute atomic E-state index is 14.0. The summed E-state index contributed by atoms with van der Waals surface area (Å²) in [5.41, 5.74) is -3.01. The molecule has 268 valence electrons. The predicted molar refractivity (Wildman–Crippen MR) is 171 cm³/mol. The SMILES string of the molecule is COc1cccc2c1C(=O)c1c(O)c3c(c(O)c1C2=O)C[C@@](O)(C(=O)NC1CCNC1)C[C@@H]3O[C@H]1C[C@H]2[C@H](O[C@@H]3[C@@H](OC)OCCN32)[C@H](C)O1. The lowest BCUT2D eigenvalue weighted by Crippen LogP contribution is -2.56. The Morgan fingerprint density at radius 1 is 1.10 bits per heavy atom. The number of fused-ring (bicyclic) bond motifs is 6. The number of amides is 1. The highest BCUT2D eigenvalue weighted by molar-refractivity contribution is 6.31. The van der Waals surface area contributed by atoms with Gasteiger partial charge in [0.25, 0.3) is 5.91 Å². The van der Waals surface area contributed by atoms with Crippen LogP contribution in [0.1, 0.15) is 75.3 Å². The Bertz CT molecular complexity index is 1750. The molecule has 5 N–H and O–H groups in total. The average Bonchev–Trinajstić information content (AvgIpc) is 3.76. The molecule has 1 unspecified atom stereocenters. The Labute approximate surface area is 287 Å². The van der Waals surface area contributed by atoms with Crippen LogP contribution in [0.2, 0.25) is 0 Å². The largest absolute Gasteiger partial charge is 0.507 e. The lowest BCUT2D eigenvalue weighted by atomic mass is 9.72. The fraction of sp³-hybridized carbons (Fsp3) is 0.571. The fourth-order valence-electron chi connectivity index (χ4n) is 8.60.